The van der Waals surface area contributed by atoms with Crippen molar-refractivity contribution in [2.45, 2.75) is 31.8 Å². The molecule has 0 aliphatic heterocycles. The normalized spacial score (nSPS) is 17.8. The predicted octanol–water partition coefficient (Wildman–Crippen LogP) is 2.48. The second-order valence-corrected chi connectivity index (χ2v) is 5.28. The number of benzene rings is 1. The largest absolute Gasteiger partial charge is 0.384 e. The van der Waals surface area contributed by atoms with Crippen molar-refractivity contribution < 1.29 is 4.74 Å². The van der Waals surface area contributed by atoms with E-state index in [-0.39, 0.29) is 0 Å². The summed E-state index contributed by atoms with van der Waals surface area (Å²) in [7, 11) is 1.66. The Morgan fingerprint density at radius 2 is 2.05 bits per heavy atom. The van der Waals surface area contributed by atoms with E-state index < -0.39 is 0 Å². The number of nitrogens with zero attached hydrogens (tertiary/aromatic N) is 2. The maximum atomic E-state index is 5.88. The summed E-state index contributed by atoms with van der Waals surface area (Å²) in [5, 5.41) is 0. The minimum atomic E-state index is 0.351. The van der Waals surface area contributed by atoms with Gasteiger partial charge in [-0.2, -0.15) is 0 Å². The molecule has 1 atom stereocenters. The number of anilines is 1. The van der Waals surface area contributed by atoms with Gasteiger partial charge in [0.05, 0.1) is 12.3 Å². The maximum Gasteiger partial charge on any atom is 0.134 e. The third kappa shape index (κ3) is 2.65. The van der Waals surface area contributed by atoms with Crippen LogP contribution in [0.3, 0.4) is 0 Å². The molecular weight excluding hydrogens is 250 g/mol. The van der Waals surface area contributed by atoms with Crippen LogP contribution in [0.1, 0.15) is 35.0 Å². The fourth-order valence-electron chi connectivity index (χ4n) is 2.86. The molecule has 0 fully saturated rings. The van der Waals surface area contributed by atoms with Gasteiger partial charge in [-0.3, -0.25) is 0 Å². The summed E-state index contributed by atoms with van der Waals surface area (Å²) in [4.78, 5) is 9.03. The van der Waals surface area contributed by atoms with E-state index >= 15 is 0 Å². The van der Waals surface area contributed by atoms with Crippen LogP contribution in [0.15, 0.2) is 30.3 Å². The number of fused-ring (bicyclic) bond motifs is 1. The highest BCUT2D eigenvalue weighted by Crippen LogP contribution is 2.31. The van der Waals surface area contributed by atoms with Crippen molar-refractivity contribution in [3.8, 4) is 0 Å². The molecule has 1 unspecified atom stereocenters. The molecule has 1 aromatic heterocycles. The second-order valence-electron chi connectivity index (χ2n) is 5.28. The summed E-state index contributed by atoms with van der Waals surface area (Å²) < 4.78 is 5.14. The minimum absolute atomic E-state index is 0.351. The van der Waals surface area contributed by atoms with Gasteiger partial charge in [0.25, 0.3) is 0 Å². The van der Waals surface area contributed by atoms with E-state index in [4.69, 9.17) is 10.5 Å². The first-order valence-corrected chi connectivity index (χ1v) is 6.95. The monoisotopic (exact) mass is 269 g/mol. The van der Waals surface area contributed by atoms with Gasteiger partial charge in [0.2, 0.25) is 0 Å². The number of ether oxygens (including phenoxy) is 1. The van der Waals surface area contributed by atoms with Crippen molar-refractivity contribution in [3.63, 3.8) is 0 Å². The third-order valence-electron chi connectivity index (χ3n) is 3.82. The summed E-state index contributed by atoms with van der Waals surface area (Å²) >= 11 is 0. The second kappa shape index (κ2) is 5.59. The van der Waals surface area contributed by atoms with Gasteiger partial charge >= 0.3 is 0 Å². The van der Waals surface area contributed by atoms with E-state index in [1.54, 1.807) is 13.2 Å². The molecule has 4 nitrogen and oxygen atoms in total. The lowest BCUT2D eigenvalue weighted by Crippen LogP contribution is -2.16. The first kappa shape index (κ1) is 13.1. The zero-order chi connectivity index (χ0) is 13.9. The van der Waals surface area contributed by atoms with Crippen LogP contribution in [-0.4, -0.2) is 17.1 Å². The third-order valence-corrected chi connectivity index (χ3v) is 3.82. The van der Waals surface area contributed by atoms with Crippen molar-refractivity contribution in [2.75, 3.05) is 12.8 Å². The number of aromatic nitrogens is 2. The van der Waals surface area contributed by atoms with Gasteiger partial charge in [-0.05, 0) is 30.4 Å². The molecule has 0 spiro atoms. The smallest absolute Gasteiger partial charge is 0.134 e. The molecule has 104 valence electrons. The molecule has 1 aromatic carbocycles. The molecule has 4 heteroatoms. The summed E-state index contributed by atoms with van der Waals surface area (Å²) in [6.45, 7) is 0.475. The van der Waals surface area contributed by atoms with Crippen LogP contribution in [0.5, 0.6) is 0 Å². The van der Waals surface area contributed by atoms with E-state index in [0.717, 1.165) is 30.8 Å². The fraction of sp³-hybridized carbons (Fsp3) is 0.375. The molecule has 0 saturated heterocycles. The number of hydrogen-bond acceptors (Lipinski definition) is 4. The first-order valence-electron chi connectivity index (χ1n) is 6.95. The minimum Gasteiger partial charge on any atom is -0.384 e. The van der Waals surface area contributed by atoms with Crippen molar-refractivity contribution in [3.05, 3.63) is 53.0 Å². The molecule has 2 aromatic rings. The summed E-state index contributed by atoms with van der Waals surface area (Å²) in [5.41, 5.74) is 9.59. The Morgan fingerprint density at radius 1 is 1.25 bits per heavy atom. The lowest BCUT2D eigenvalue weighted by molar-refractivity contribution is 0.181. The Hall–Kier alpha value is -1.94. The van der Waals surface area contributed by atoms with Crippen LogP contribution >= 0.6 is 0 Å². The number of methoxy groups -OCH3 is 1. The van der Waals surface area contributed by atoms with Gasteiger partial charge < -0.3 is 10.5 Å². The molecule has 1 aliphatic rings. The van der Waals surface area contributed by atoms with Crippen molar-refractivity contribution in [2.24, 2.45) is 0 Å². The highest BCUT2D eigenvalue weighted by Gasteiger charge is 2.22. The van der Waals surface area contributed by atoms with Crippen LogP contribution in [-0.2, 0) is 24.2 Å². The maximum absolute atomic E-state index is 5.88. The number of aryl methyl sites for hydroxylation is 1. The van der Waals surface area contributed by atoms with Crippen LogP contribution < -0.4 is 5.73 Å². The number of hydrogen-bond donors (Lipinski definition) is 1. The molecule has 2 N–H and O–H groups in total. The Bertz CT molecular complexity index is 612. The Kier molecular flexibility index (Phi) is 3.65. The standard InChI is InChI=1S/C16H19N3O/c1-20-10-14-9-15(17)19-16(18-14)13-7-6-11-4-2-3-5-12(11)8-13/h2-5,9,13H,6-8,10H2,1H3,(H2,17,18,19). The zero-order valence-corrected chi connectivity index (χ0v) is 11.7. The summed E-state index contributed by atoms with van der Waals surface area (Å²) in [6.07, 6.45) is 3.15. The highest BCUT2D eigenvalue weighted by atomic mass is 16.5. The first-order chi connectivity index (χ1) is 9.76. The van der Waals surface area contributed by atoms with Gasteiger partial charge in [-0.25, -0.2) is 9.97 Å². The number of rotatable bonds is 3. The molecule has 0 amide bonds. The van der Waals surface area contributed by atoms with E-state index in [0.29, 0.717) is 18.3 Å². The fourth-order valence-corrected chi connectivity index (χ4v) is 2.86. The quantitative estimate of drug-likeness (QED) is 0.930. The van der Waals surface area contributed by atoms with Gasteiger partial charge in [-0.15, -0.1) is 0 Å². The van der Waals surface area contributed by atoms with Crippen LogP contribution in [0.4, 0.5) is 5.82 Å². The molecule has 1 heterocycles. The van der Waals surface area contributed by atoms with Gasteiger partial charge in [-0.1, -0.05) is 24.3 Å². The Balaban J connectivity index is 1.87. The SMILES string of the molecule is COCc1cc(N)nc(C2CCc3ccccc3C2)n1. The molecule has 0 bridgehead atoms. The highest BCUT2D eigenvalue weighted by molar-refractivity contribution is 5.34. The zero-order valence-electron chi connectivity index (χ0n) is 11.7. The van der Waals surface area contributed by atoms with Crippen molar-refractivity contribution in [1.29, 1.82) is 0 Å². The van der Waals surface area contributed by atoms with Crippen molar-refractivity contribution >= 4 is 5.82 Å². The topological polar surface area (TPSA) is 61.0 Å². The van der Waals surface area contributed by atoms with E-state index in [9.17, 15) is 0 Å². The predicted molar refractivity (Wildman–Crippen MR) is 78.4 cm³/mol. The average molecular weight is 269 g/mol. The summed E-state index contributed by atoms with van der Waals surface area (Å²) in [5.74, 6) is 1.73. The molecular formula is C16H19N3O. The molecule has 3 rings (SSSR count). The van der Waals surface area contributed by atoms with E-state index in [2.05, 4.69) is 34.2 Å². The Morgan fingerprint density at radius 3 is 2.85 bits per heavy atom. The molecule has 0 radical (unpaired) electrons. The van der Waals surface area contributed by atoms with Gasteiger partial charge in [0.1, 0.15) is 11.6 Å². The molecule has 1 aliphatic carbocycles. The summed E-state index contributed by atoms with van der Waals surface area (Å²) in [6, 6.07) is 10.4. The number of nitrogens with two attached hydrogens (primary N) is 1. The Labute approximate surface area is 119 Å². The lowest BCUT2D eigenvalue weighted by atomic mass is 9.83. The van der Waals surface area contributed by atoms with Crippen molar-refractivity contribution in [1.82, 2.24) is 9.97 Å². The number of nitrogen functional groups attached to an aromatic ring is 1. The van der Waals surface area contributed by atoms with Crippen LogP contribution in [0.2, 0.25) is 0 Å². The average Bonchev–Trinajstić information content (AvgIpc) is 2.46. The van der Waals surface area contributed by atoms with Crippen LogP contribution in [0, 0.1) is 0 Å². The van der Waals surface area contributed by atoms with Gasteiger partial charge in [0, 0.05) is 19.1 Å². The molecule has 0 saturated carbocycles. The van der Waals surface area contributed by atoms with E-state index in [1.165, 1.54) is 11.1 Å². The lowest BCUT2D eigenvalue weighted by Gasteiger charge is -2.23. The van der Waals surface area contributed by atoms with Crippen LogP contribution in [0.25, 0.3) is 0 Å². The molecule has 20 heavy (non-hydrogen) atoms. The van der Waals surface area contributed by atoms with Gasteiger partial charge in [0.15, 0.2) is 0 Å². The van der Waals surface area contributed by atoms with E-state index in [1.807, 2.05) is 0 Å².